The number of halogens is 4. The van der Waals surface area contributed by atoms with Crippen LogP contribution in [0.15, 0.2) is 60.7 Å². The second-order valence-corrected chi connectivity index (χ2v) is 7.04. The van der Waals surface area contributed by atoms with E-state index in [1.807, 2.05) is 0 Å². The van der Waals surface area contributed by atoms with E-state index in [0.717, 1.165) is 6.92 Å². The predicted octanol–water partition coefficient (Wildman–Crippen LogP) is 4.35. The van der Waals surface area contributed by atoms with Crippen molar-refractivity contribution < 1.29 is 41.3 Å². The number of rotatable bonds is 7. The molecule has 2 aromatic carbocycles. The maximum absolute atomic E-state index is 15.1. The molecule has 1 saturated heterocycles. The minimum atomic E-state index is -4.91. The molecule has 0 unspecified atom stereocenters. The molecule has 2 aromatic rings. The third-order valence-corrected chi connectivity index (χ3v) is 4.65. The molecular weight excluding hydrogens is 420 g/mol. The van der Waals surface area contributed by atoms with E-state index in [1.54, 1.807) is 60.7 Å². The van der Waals surface area contributed by atoms with Gasteiger partial charge in [-0.25, -0.2) is 4.39 Å². The zero-order chi connectivity index (χ0) is 22.4. The van der Waals surface area contributed by atoms with Crippen molar-refractivity contribution in [3.05, 3.63) is 71.8 Å². The third kappa shape index (κ3) is 6.25. The quantitative estimate of drug-likeness (QED) is 0.472. The predicted molar refractivity (Wildman–Crippen MR) is 101 cm³/mol. The van der Waals surface area contributed by atoms with Gasteiger partial charge >= 0.3 is 12.1 Å². The topological polar surface area (TPSA) is 54.0 Å². The van der Waals surface area contributed by atoms with E-state index in [1.165, 1.54) is 0 Å². The second kappa shape index (κ2) is 10.2. The van der Waals surface area contributed by atoms with E-state index in [-0.39, 0.29) is 13.2 Å². The molecule has 5 atom stereocenters. The van der Waals surface area contributed by atoms with E-state index in [0.29, 0.717) is 11.1 Å². The molecule has 5 nitrogen and oxygen atoms in total. The average Bonchev–Trinajstić information content (AvgIpc) is 2.73. The summed E-state index contributed by atoms with van der Waals surface area (Å²) in [5, 5.41) is 0. The molecule has 0 radical (unpaired) electrons. The summed E-state index contributed by atoms with van der Waals surface area (Å²) in [5.74, 6) is -0.973. The fourth-order valence-electron chi connectivity index (χ4n) is 3.23. The molecule has 31 heavy (non-hydrogen) atoms. The minimum absolute atomic E-state index is 0.158. The molecular formula is C22H22F4O5. The van der Waals surface area contributed by atoms with Crippen molar-refractivity contribution in [2.24, 2.45) is 0 Å². The van der Waals surface area contributed by atoms with Gasteiger partial charge in [0.2, 0.25) is 6.29 Å². The number of hydrogen-bond acceptors (Lipinski definition) is 5. The van der Waals surface area contributed by atoms with E-state index in [2.05, 4.69) is 4.74 Å². The van der Waals surface area contributed by atoms with Crippen LogP contribution in [0.1, 0.15) is 18.1 Å². The Morgan fingerprint density at radius 1 is 0.903 bits per heavy atom. The highest BCUT2D eigenvalue weighted by molar-refractivity contribution is 5.66. The first kappa shape index (κ1) is 23.2. The molecule has 0 aromatic heterocycles. The summed E-state index contributed by atoms with van der Waals surface area (Å²) in [7, 11) is 0. The van der Waals surface area contributed by atoms with Crippen molar-refractivity contribution >= 4 is 5.97 Å². The molecule has 1 fully saturated rings. The summed E-state index contributed by atoms with van der Waals surface area (Å²) in [6.45, 7) is 0.586. The first-order valence-corrected chi connectivity index (χ1v) is 9.60. The summed E-state index contributed by atoms with van der Waals surface area (Å²) in [6, 6.07) is 17.1. The summed E-state index contributed by atoms with van der Waals surface area (Å²) < 4.78 is 76.9. The van der Waals surface area contributed by atoms with Crippen molar-refractivity contribution in [3.63, 3.8) is 0 Å². The highest BCUT2D eigenvalue weighted by Crippen LogP contribution is 2.38. The van der Waals surface area contributed by atoms with Crippen LogP contribution in [0.2, 0.25) is 0 Å². The fourth-order valence-corrected chi connectivity index (χ4v) is 3.23. The van der Waals surface area contributed by atoms with Crippen LogP contribution in [0.4, 0.5) is 17.6 Å². The number of benzene rings is 2. The van der Waals surface area contributed by atoms with Gasteiger partial charge in [0, 0.05) is 6.92 Å². The maximum Gasteiger partial charge on any atom is 0.417 e. The Labute approximate surface area is 176 Å². The minimum Gasteiger partial charge on any atom is -0.433 e. The Hall–Kier alpha value is -2.49. The third-order valence-electron chi connectivity index (χ3n) is 4.65. The SMILES string of the molecule is CC(=O)O[C@H]1O[C@H](C(F)(F)F)[C@H](OCc2ccccc2)[C@H](OCc2ccccc2)[C@H]1F. The van der Waals surface area contributed by atoms with Gasteiger partial charge in [0.1, 0.15) is 12.2 Å². The Balaban J connectivity index is 1.85. The largest absolute Gasteiger partial charge is 0.433 e. The Morgan fingerprint density at radius 3 is 1.84 bits per heavy atom. The Kier molecular flexibility index (Phi) is 7.64. The van der Waals surface area contributed by atoms with Gasteiger partial charge in [-0.2, -0.15) is 13.2 Å². The second-order valence-electron chi connectivity index (χ2n) is 7.04. The fraction of sp³-hybridized carbons (Fsp3) is 0.409. The molecule has 0 N–H and O–H groups in total. The molecule has 0 aliphatic carbocycles. The van der Waals surface area contributed by atoms with Gasteiger partial charge < -0.3 is 18.9 Å². The van der Waals surface area contributed by atoms with Crippen LogP contribution in [0, 0.1) is 0 Å². The van der Waals surface area contributed by atoms with Crippen LogP contribution in [0.5, 0.6) is 0 Å². The molecule has 1 aliphatic rings. The zero-order valence-corrected chi connectivity index (χ0v) is 16.6. The average molecular weight is 442 g/mol. The first-order valence-electron chi connectivity index (χ1n) is 9.60. The normalized spacial score (nSPS) is 26.4. The zero-order valence-electron chi connectivity index (χ0n) is 16.6. The van der Waals surface area contributed by atoms with Gasteiger partial charge in [-0.15, -0.1) is 0 Å². The van der Waals surface area contributed by atoms with Gasteiger partial charge in [0.25, 0.3) is 0 Å². The van der Waals surface area contributed by atoms with Crippen molar-refractivity contribution in [2.45, 2.75) is 57.1 Å². The van der Waals surface area contributed by atoms with Crippen molar-refractivity contribution in [3.8, 4) is 0 Å². The summed E-state index contributed by atoms with van der Waals surface area (Å²) in [4.78, 5) is 11.3. The molecule has 1 aliphatic heterocycles. The Bertz CT molecular complexity index is 831. The van der Waals surface area contributed by atoms with Crippen LogP contribution < -0.4 is 0 Å². The molecule has 0 bridgehead atoms. The molecule has 0 spiro atoms. The van der Waals surface area contributed by atoms with Crippen molar-refractivity contribution in [1.82, 2.24) is 0 Å². The van der Waals surface area contributed by atoms with Crippen LogP contribution in [0.3, 0.4) is 0 Å². The summed E-state index contributed by atoms with van der Waals surface area (Å²) >= 11 is 0. The highest BCUT2D eigenvalue weighted by Gasteiger charge is 2.58. The number of esters is 1. The lowest BCUT2D eigenvalue weighted by Gasteiger charge is -2.43. The monoisotopic (exact) mass is 442 g/mol. The van der Waals surface area contributed by atoms with Crippen LogP contribution in [-0.4, -0.2) is 42.9 Å². The van der Waals surface area contributed by atoms with E-state index in [4.69, 9.17) is 14.2 Å². The van der Waals surface area contributed by atoms with Gasteiger partial charge in [0.05, 0.1) is 13.2 Å². The van der Waals surface area contributed by atoms with E-state index >= 15 is 4.39 Å². The maximum atomic E-state index is 15.1. The van der Waals surface area contributed by atoms with Gasteiger partial charge in [0.15, 0.2) is 12.3 Å². The highest BCUT2D eigenvalue weighted by atomic mass is 19.4. The summed E-state index contributed by atoms with van der Waals surface area (Å²) in [6.07, 6.45) is -15.2. The molecule has 9 heteroatoms. The van der Waals surface area contributed by atoms with E-state index < -0.39 is 42.9 Å². The molecule has 168 valence electrons. The lowest BCUT2D eigenvalue weighted by Crippen LogP contribution is -2.62. The van der Waals surface area contributed by atoms with Crippen molar-refractivity contribution in [1.29, 1.82) is 0 Å². The Morgan fingerprint density at radius 2 is 1.39 bits per heavy atom. The van der Waals surface area contributed by atoms with Crippen LogP contribution >= 0.6 is 0 Å². The number of carbonyl (C=O) groups excluding carboxylic acids is 1. The van der Waals surface area contributed by atoms with E-state index in [9.17, 15) is 18.0 Å². The standard InChI is InChI=1S/C22H22F4O5/c1-14(27)30-21-17(23)18(28-12-15-8-4-2-5-9-15)19(20(31-21)22(24,25)26)29-13-16-10-6-3-7-11-16/h2-11,17-21H,12-13H2,1H3/t17-,18-,19-,20+,21+/m1/s1. The van der Waals surface area contributed by atoms with Gasteiger partial charge in [-0.3, -0.25) is 4.79 Å². The van der Waals surface area contributed by atoms with Crippen LogP contribution in [-0.2, 0) is 37.0 Å². The first-order chi connectivity index (χ1) is 14.8. The molecule has 0 saturated carbocycles. The molecule has 0 amide bonds. The summed E-state index contributed by atoms with van der Waals surface area (Å²) in [5.41, 5.74) is 1.23. The number of ether oxygens (including phenoxy) is 4. The van der Waals surface area contributed by atoms with Crippen LogP contribution in [0.25, 0.3) is 0 Å². The number of alkyl halides is 4. The molecule has 1 heterocycles. The van der Waals surface area contributed by atoms with Crippen molar-refractivity contribution in [2.75, 3.05) is 0 Å². The van der Waals surface area contributed by atoms with Gasteiger partial charge in [-0.1, -0.05) is 60.7 Å². The smallest absolute Gasteiger partial charge is 0.417 e. The number of hydrogen-bond donors (Lipinski definition) is 0. The molecule has 3 rings (SSSR count). The van der Waals surface area contributed by atoms with Gasteiger partial charge in [-0.05, 0) is 11.1 Å². The lowest BCUT2D eigenvalue weighted by molar-refractivity contribution is -0.350. The number of carbonyl (C=O) groups is 1. The lowest BCUT2D eigenvalue weighted by atomic mass is 9.98.